The molecular weight excluding hydrogens is 566 g/mol. The number of methoxy groups -OCH3 is 1. The standard InChI is InChI=1S/C28H36ClN7O6/c1-15-13-31-19(16(2)21(15)40-9)14-35-23-20(18(34-35)11-10-17(37)12-30)22(29)32-24(33-23)41-25(38)36(27(3,4)5)26(39)42-28(6,7)8/h12-13,30H,10-11,14H2,1-9H3. The van der Waals surface area contributed by atoms with Crippen molar-refractivity contribution in [2.45, 2.75) is 85.9 Å². The average Bonchev–Trinajstić information content (AvgIpc) is 3.20. The van der Waals surface area contributed by atoms with Gasteiger partial charge in [0.1, 0.15) is 16.5 Å². The van der Waals surface area contributed by atoms with Gasteiger partial charge in [-0.2, -0.15) is 15.1 Å². The van der Waals surface area contributed by atoms with Crippen LogP contribution in [0.25, 0.3) is 11.0 Å². The molecule has 0 atom stereocenters. The second-order valence-electron chi connectivity index (χ2n) is 11.6. The summed E-state index contributed by atoms with van der Waals surface area (Å²) in [5.41, 5.74) is 1.08. The number of hydrogen-bond donors (Lipinski definition) is 1. The van der Waals surface area contributed by atoms with E-state index in [0.29, 0.717) is 22.5 Å². The summed E-state index contributed by atoms with van der Waals surface area (Å²) in [5, 5.41) is 12.1. The summed E-state index contributed by atoms with van der Waals surface area (Å²) in [6.07, 6.45) is 0.658. The zero-order valence-electron chi connectivity index (χ0n) is 25.3. The number of fused-ring (bicyclic) bond motifs is 1. The number of carbonyl (C=O) groups excluding carboxylic acids is 3. The number of nitrogens with zero attached hydrogens (tertiary/aromatic N) is 6. The van der Waals surface area contributed by atoms with Crippen molar-refractivity contribution in [3.05, 3.63) is 33.9 Å². The predicted molar refractivity (Wildman–Crippen MR) is 156 cm³/mol. The maximum absolute atomic E-state index is 13.2. The molecule has 3 rings (SSSR count). The van der Waals surface area contributed by atoms with Crippen LogP contribution in [-0.4, -0.2) is 72.1 Å². The first-order valence-electron chi connectivity index (χ1n) is 13.2. The van der Waals surface area contributed by atoms with Crippen molar-refractivity contribution in [3.8, 4) is 11.8 Å². The third-order valence-corrected chi connectivity index (χ3v) is 6.30. The zero-order valence-corrected chi connectivity index (χ0v) is 26.0. The number of Topliss-reactive ketones (excluding diaryl/α,β-unsaturated/α-hetero) is 1. The summed E-state index contributed by atoms with van der Waals surface area (Å²) in [6.45, 7) is 13.9. The Balaban J connectivity index is 2.09. The number of aryl methyl sites for hydroxylation is 2. The molecule has 0 aromatic carbocycles. The normalized spacial score (nSPS) is 11.8. The first-order valence-corrected chi connectivity index (χ1v) is 13.5. The van der Waals surface area contributed by atoms with E-state index in [2.05, 4.69) is 20.1 Å². The largest absolute Gasteiger partial charge is 0.496 e. The van der Waals surface area contributed by atoms with E-state index in [0.717, 1.165) is 22.2 Å². The molecule has 0 aliphatic heterocycles. The van der Waals surface area contributed by atoms with Gasteiger partial charge in [0.15, 0.2) is 11.4 Å². The highest BCUT2D eigenvalue weighted by molar-refractivity contribution is 6.34. The summed E-state index contributed by atoms with van der Waals surface area (Å²) in [4.78, 5) is 51.9. The van der Waals surface area contributed by atoms with E-state index >= 15 is 0 Å². The molecule has 3 aromatic heterocycles. The molecule has 13 nitrogen and oxygen atoms in total. The molecule has 3 aromatic rings. The highest BCUT2D eigenvalue weighted by Crippen LogP contribution is 2.30. The van der Waals surface area contributed by atoms with E-state index in [1.54, 1.807) is 54.8 Å². The van der Waals surface area contributed by atoms with Crippen LogP contribution in [0, 0.1) is 19.3 Å². The van der Waals surface area contributed by atoms with E-state index in [-0.39, 0.29) is 36.0 Å². The molecule has 2 amide bonds. The quantitative estimate of drug-likeness (QED) is 0.267. The van der Waals surface area contributed by atoms with Gasteiger partial charge in [0.25, 0.3) is 0 Å². The van der Waals surface area contributed by atoms with Gasteiger partial charge in [-0.25, -0.2) is 19.2 Å². The first kappa shape index (κ1) is 32.4. The molecule has 0 spiro atoms. The van der Waals surface area contributed by atoms with Gasteiger partial charge in [-0.3, -0.25) is 9.78 Å². The Morgan fingerprint density at radius 1 is 1.07 bits per heavy atom. The Labute approximate surface area is 249 Å². The van der Waals surface area contributed by atoms with Gasteiger partial charge in [-0.05, 0) is 61.8 Å². The van der Waals surface area contributed by atoms with Crippen LogP contribution in [-0.2, 0) is 22.5 Å². The minimum absolute atomic E-state index is 0.0226. The highest BCUT2D eigenvalue weighted by atomic mass is 35.5. The summed E-state index contributed by atoms with van der Waals surface area (Å²) in [6, 6.07) is -0.412. The molecule has 0 unspecified atom stereocenters. The monoisotopic (exact) mass is 601 g/mol. The molecule has 0 fully saturated rings. The number of carbonyl (C=O) groups is 3. The fourth-order valence-corrected chi connectivity index (χ4v) is 4.42. The van der Waals surface area contributed by atoms with Crippen LogP contribution < -0.4 is 9.47 Å². The van der Waals surface area contributed by atoms with Crippen molar-refractivity contribution in [2.24, 2.45) is 0 Å². The first-order chi connectivity index (χ1) is 19.5. The lowest BCUT2D eigenvalue weighted by Gasteiger charge is -2.33. The molecule has 226 valence electrons. The Morgan fingerprint density at radius 2 is 1.74 bits per heavy atom. The number of ether oxygens (including phenoxy) is 3. The molecule has 1 N–H and O–H groups in total. The lowest BCUT2D eigenvalue weighted by atomic mass is 10.1. The van der Waals surface area contributed by atoms with Gasteiger partial charge < -0.3 is 19.6 Å². The average molecular weight is 602 g/mol. The molecule has 0 bridgehead atoms. The van der Waals surface area contributed by atoms with Crippen LogP contribution in [0.4, 0.5) is 9.59 Å². The van der Waals surface area contributed by atoms with E-state index < -0.39 is 29.3 Å². The summed E-state index contributed by atoms with van der Waals surface area (Å²) in [5.74, 6) is 0.297. The molecular formula is C28H36ClN7O6. The second-order valence-corrected chi connectivity index (χ2v) is 12.0. The number of nitrogens with one attached hydrogen (secondary N) is 1. The van der Waals surface area contributed by atoms with Gasteiger partial charge in [0, 0.05) is 29.3 Å². The summed E-state index contributed by atoms with van der Waals surface area (Å²) >= 11 is 6.57. The smallest absolute Gasteiger partial charge is 0.427 e. The second kappa shape index (κ2) is 12.4. The lowest BCUT2D eigenvalue weighted by molar-refractivity contribution is -0.112. The van der Waals surface area contributed by atoms with Crippen molar-refractivity contribution >= 4 is 46.8 Å². The Bertz CT molecular complexity index is 1540. The van der Waals surface area contributed by atoms with Gasteiger partial charge in [-0.15, -0.1) is 0 Å². The minimum Gasteiger partial charge on any atom is -0.496 e. The van der Waals surface area contributed by atoms with Crippen LogP contribution in [0.15, 0.2) is 6.20 Å². The Morgan fingerprint density at radius 3 is 2.31 bits per heavy atom. The Kier molecular flexibility index (Phi) is 9.56. The van der Waals surface area contributed by atoms with E-state index in [4.69, 9.17) is 31.2 Å². The predicted octanol–water partition coefficient (Wildman–Crippen LogP) is 5.23. The minimum atomic E-state index is -1.06. The van der Waals surface area contributed by atoms with Crippen molar-refractivity contribution in [1.82, 2.24) is 29.6 Å². The third-order valence-electron chi connectivity index (χ3n) is 6.03. The Hall–Kier alpha value is -4.13. The molecule has 0 radical (unpaired) electrons. The molecule has 3 heterocycles. The molecule has 14 heteroatoms. The maximum Gasteiger partial charge on any atom is 0.427 e. The zero-order chi connectivity index (χ0) is 31.6. The number of halogens is 1. The number of hydrogen-bond acceptors (Lipinski definition) is 11. The van der Waals surface area contributed by atoms with Crippen LogP contribution in [0.1, 0.15) is 70.5 Å². The van der Waals surface area contributed by atoms with Crippen LogP contribution >= 0.6 is 11.6 Å². The number of rotatable bonds is 8. The number of ketones is 1. The van der Waals surface area contributed by atoms with E-state index in [9.17, 15) is 14.4 Å². The topological polar surface area (TPSA) is 162 Å². The maximum atomic E-state index is 13.2. The molecule has 0 saturated carbocycles. The number of pyridine rings is 1. The van der Waals surface area contributed by atoms with Gasteiger partial charge in [0.05, 0.1) is 36.6 Å². The fourth-order valence-electron chi connectivity index (χ4n) is 4.15. The molecule has 42 heavy (non-hydrogen) atoms. The van der Waals surface area contributed by atoms with Crippen LogP contribution in [0.2, 0.25) is 5.15 Å². The fraction of sp³-hybridized carbons (Fsp3) is 0.500. The van der Waals surface area contributed by atoms with E-state index in [1.807, 2.05) is 13.8 Å². The van der Waals surface area contributed by atoms with Gasteiger partial charge in [0.2, 0.25) is 0 Å². The van der Waals surface area contributed by atoms with Crippen molar-refractivity contribution in [2.75, 3.05) is 7.11 Å². The molecule has 0 saturated heterocycles. The highest BCUT2D eigenvalue weighted by Gasteiger charge is 2.38. The van der Waals surface area contributed by atoms with Crippen LogP contribution in [0.3, 0.4) is 0 Å². The van der Waals surface area contributed by atoms with Gasteiger partial charge >= 0.3 is 18.2 Å². The third kappa shape index (κ3) is 7.38. The van der Waals surface area contributed by atoms with Crippen molar-refractivity contribution < 1.29 is 28.6 Å². The molecule has 0 aliphatic rings. The van der Waals surface area contributed by atoms with E-state index in [1.165, 1.54) is 4.68 Å². The number of imide groups is 1. The summed E-state index contributed by atoms with van der Waals surface area (Å²) in [7, 11) is 1.58. The number of aromatic nitrogens is 5. The van der Waals surface area contributed by atoms with Gasteiger partial charge in [-0.1, -0.05) is 11.6 Å². The van der Waals surface area contributed by atoms with Crippen LogP contribution in [0.5, 0.6) is 11.8 Å². The lowest BCUT2D eigenvalue weighted by Crippen LogP contribution is -2.52. The summed E-state index contributed by atoms with van der Waals surface area (Å²) < 4.78 is 17.9. The molecule has 0 aliphatic carbocycles. The SMILES string of the molecule is COc1c(C)cnc(Cn2nc(CCC(=O)C=N)c3c(Cl)nc(OC(=O)N(C(=O)OC(C)(C)C)C(C)(C)C)nc32)c1C. The van der Waals surface area contributed by atoms with Crippen molar-refractivity contribution in [1.29, 1.82) is 5.41 Å². The van der Waals surface area contributed by atoms with Crippen molar-refractivity contribution in [3.63, 3.8) is 0 Å². The number of amides is 2.